The number of carbonyl (C=O) groups is 2. The van der Waals surface area contributed by atoms with Crippen LogP contribution in [0.5, 0.6) is 5.75 Å². The largest absolute Gasteiger partial charge is 0.486 e. The van der Waals surface area contributed by atoms with Crippen LogP contribution >= 0.6 is 11.6 Å². The molecule has 5 rings (SSSR count). The highest BCUT2D eigenvalue weighted by atomic mass is 35.5. The van der Waals surface area contributed by atoms with Crippen molar-refractivity contribution < 1.29 is 27.8 Å². The van der Waals surface area contributed by atoms with E-state index in [1.165, 1.54) is 12.4 Å². The first-order valence-corrected chi connectivity index (χ1v) is 16.2. The molecule has 1 aromatic heterocycles. The molecule has 2 saturated heterocycles. The van der Waals surface area contributed by atoms with Crippen molar-refractivity contribution in [3.63, 3.8) is 0 Å². The summed E-state index contributed by atoms with van der Waals surface area (Å²) in [6, 6.07) is 4.54. The van der Waals surface area contributed by atoms with Crippen LogP contribution in [0.2, 0.25) is 5.02 Å². The molecule has 0 bridgehead atoms. The number of likely N-dealkylation sites (N-methyl/N-ethyl adjacent to an activating group) is 1. The second kappa shape index (κ2) is 14.6. The lowest BCUT2D eigenvalue weighted by Gasteiger charge is -2.36. The molecule has 47 heavy (non-hydrogen) atoms. The average molecular weight is 674 g/mol. The molecular formula is C33H42ClF2N7O4. The second-order valence-electron chi connectivity index (χ2n) is 13.1. The number of benzene rings is 2. The topological polar surface area (TPSA) is 130 Å². The van der Waals surface area contributed by atoms with Crippen LogP contribution in [0.15, 0.2) is 30.6 Å². The fraction of sp³-hybridized carbons (Fsp3) is 0.515. The van der Waals surface area contributed by atoms with E-state index >= 15 is 0 Å². The van der Waals surface area contributed by atoms with Gasteiger partial charge in [-0.25, -0.2) is 18.7 Å². The van der Waals surface area contributed by atoms with Crippen molar-refractivity contribution in [3.05, 3.63) is 47.2 Å². The highest BCUT2D eigenvalue weighted by Gasteiger charge is 2.41. The summed E-state index contributed by atoms with van der Waals surface area (Å²) in [5.41, 5.74) is 0.304. The number of likely N-dealkylation sites (tertiary alicyclic amines) is 1. The Labute approximate surface area is 278 Å². The number of anilines is 3. The third-order valence-electron chi connectivity index (χ3n) is 8.54. The summed E-state index contributed by atoms with van der Waals surface area (Å²) in [5.74, 6) is -1.77. The van der Waals surface area contributed by atoms with E-state index in [2.05, 4.69) is 31.2 Å². The Hall–Kier alpha value is -3.65. The van der Waals surface area contributed by atoms with E-state index in [0.717, 1.165) is 6.07 Å². The van der Waals surface area contributed by atoms with Crippen LogP contribution in [0.3, 0.4) is 0 Å². The molecular weight excluding hydrogens is 632 g/mol. The number of amides is 2. The molecule has 11 nitrogen and oxygen atoms in total. The molecule has 2 fully saturated rings. The minimum absolute atomic E-state index is 0.0864. The zero-order valence-electron chi connectivity index (χ0n) is 27.3. The van der Waals surface area contributed by atoms with Crippen LogP contribution in [-0.2, 0) is 14.3 Å². The first kappa shape index (κ1) is 34.7. The molecule has 2 aliphatic rings. The van der Waals surface area contributed by atoms with E-state index < -0.39 is 34.2 Å². The fourth-order valence-corrected chi connectivity index (χ4v) is 5.92. The van der Waals surface area contributed by atoms with Crippen molar-refractivity contribution >= 4 is 51.5 Å². The van der Waals surface area contributed by atoms with E-state index in [1.807, 2.05) is 34.7 Å². The summed E-state index contributed by atoms with van der Waals surface area (Å²) in [5, 5.41) is 12.2. The molecule has 3 heterocycles. The number of hydrogen-bond acceptors (Lipinski definition) is 9. The molecule has 2 aromatic carbocycles. The molecule has 4 N–H and O–H groups in total. The Bertz CT molecular complexity index is 1620. The molecule has 0 unspecified atom stereocenters. The number of aromatic nitrogens is 2. The summed E-state index contributed by atoms with van der Waals surface area (Å²) >= 11 is 5.80. The molecule has 2 amide bonds. The number of rotatable bonds is 11. The molecule has 14 heteroatoms. The fourth-order valence-electron chi connectivity index (χ4n) is 5.76. The van der Waals surface area contributed by atoms with Crippen molar-refractivity contribution in [1.29, 1.82) is 0 Å². The van der Waals surface area contributed by atoms with Gasteiger partial charge in [-0.15, -0.1) is 0 Å². The van der Waals surface area contributed by atoms with Gasteiger partial charge < -0.3 is 35.6 Å². The number of carbonyl (C=O) groups excluding carboxylic acids is 2. The van der Waals surface area contributed by atoms with Crippen LogP contribution < -0.4 is 26.0 Å². The Kier molecular flexibility index (Phi) is 10.8. The van der Waals surface area contributed by atoms with E-state index in [1.54, 1.807) is 17.0 Å². The number of hydrogen-bond donors (Lipinski definition) is 4. The van der Waals surface area contributed by atoms with Gasteiger partial charge in [-0.1, -0.05) is 32.4 Å². The molecule has 0 spiro atoms. The maximum Gasteiger partial charge on any atom is 0.247 e. The summed E-state index contributed by atoms with van der Waals surface area (Å²) in [4.78, 5) is 38.2. The zero-order chi connectivity index (χ0) is 33.9. The predicted octanol–water partition coefficient (Wildman–Crippen LogP) is 5.01. The van der Waals surface area contributed by atoms with Gasteiger partial charge in [-0.05, 0) is 50.4 Å². The zero-order valence-corrected chi connectivity index (χ0v) is 28.0. The minimum atomic E-state index is -0.970. The van der Waals surface area contributed by atoms with Crippen molar-refractivity contribution in [1.82, 2.24) is 25.5 Å². The minimum Gasteiger partial charge on any atom is -0.486 e. The summed E-state index contributed by atoms with van der Waals surface area (Å²) in [6.07, 6.45) is 2.92. The van der Waals surface area contributed by atoms with E-state index in [9.17, 15) is 18.4 Å². The van der Waals surface area contributed by atoms with Gasteiger partial charge in [0.2, 0.25) is 11.8 Å². The van der Waals surface area contributed by atoms with Crippen molar-refractivity contribution in [3.8, 4) is 5.75 Å². The van der Waals surface area contributed by atoms with Crippen LogP contribution in [0.1, 0.15) is 47.0 Å². The highest BCUT2D eigenvalue weighted by Crippen LogP contribution is 2.36. The van der Waals surface area contributed by atoms with Crippen molar-refractivity contribution in [2.24, 2.45) is 5.41 Å². The van der Waals surface area contributed by atoms with Crippen molar-refractivity contribution in [2.45, 2.75) is 71.2 Å². The van der Waals surface area contributed by atoms with Gasteiger partial charge in [0.1, 0.15) is 40.9 Å². The number of nitrogens with one attached hydrogen (secondary N) is 4. The molecule has 254 valence electrons. The smallest absolute Gasteiger partial charge is 0.247 e. The molecule has 0 radical (unpaired) electrons. The first-order valence-electron chi connectivity index (χ1n) is 15.8. The lowest BCUT2D eigenvalue weighted by molar-refractivity contribution is -0.140. The normalized spacial score (nSPS) is 19.5. The third kappa shape index (κ3) is 7.91. The Morgan fingerprint density at radius 2 is 1.96 bits per heavy atom. The van der Waals surface area contributed by atoms with E-state index in [4.69, 9.17) is 21.1 Å². The van der Waals surface area contributed by atoms with Gasteiger partial charge in [0, 0.05) is 37.0 Å². The molecule has 4 atom stereocenters. The van der Waals surface area contributed by atoms with Gasteiger partial charge in [0.05, 0.1) is 36.1 Å². The van der Waals surface area contributed by atoms with Gasteiger partial charge in [0.25, 0.3) is 0 Å². The van der Waals surface area contributed by atoms with E-state index in [-0.39, 0.29) is 35.5 Å². The maximum absolute atomic E-state index is 14.8. The second-order valence-corrected chi connectivity index (χ2v) is 13.5. The van der Waals surface area contributed by atoms with Crippen LogP contribution in [0.4, 0.5) is 26.0 Å². The molecule has 0 saturated carbocycles. The third-order valence-corrected chi connectivity index (χ3v) is 8.88. The lowest BCUT2D eigenvalue weighted by atomic mass is 9.85. The monoisotopic (exact) mass is 673 g/mol. The molecule has 2 aliphatic heterocycles. The average Bonchev–Trinajstić information content (AvgIpc) is 3.74. The van der Waals surface area contributed by atoms with Gasteiger partial charge in [0.15, 0.2) is 5.82 Å². The summed E-state index contributed by atoms with van der Waals surface area (Å²) < 4.78 is 40.4. The van der Waals surface area contributed by atoms with E-state index in [0.29, 0.717) is 67.9 Å². The SMILES string of the molecule is CN[C@@H](C)CN[C@H](C(=O)N1CCC[C@H]1C(=O)Nc1cc2c(Nc3ccc(F)c(Cl)c3F)ncnc2cc1O[C@@H]1CCOC1)C(C)(C)C. The Morgan fingerprint density at radius 3 is 2.66 bits per heavy atom. The predicted molar refractivity (Wildman–Crippen MR) is 177 cm³/mol. The summed E-state index contributed by atoms with van der Waals surface area (Å²) in [7, 11) is 1.87. The van der Waals surface area contributed by atoms with Crippen LogP contribution in [0.25, 0.3) is 10.9 Å². The van der Waals surface area contributed by atoms with Crippen LogP contribution in [-0.4, -0.2) is 84.3 Å². The number of nitrogens with zero attached hydrogens (tertiary/aromatic N) is 3. The standard InChI is InChI=1S/C33H42ClF2N7O4/c1-18(37-5)15-38-29(33(2,3)4)32(45)43-11-6-7-25(43)31(44)42-24-13-20-23(14-26(24)47-19-10-12-46-16-19)39-17-40-30(20)41-22-9-8-21(35)27(34)28(22)36/h8-9,13-14,17-19,25,29,37-38H,6-7,10-12,15-16H2,1-5H3,(H,42,44)(H,39,40,41)/t18-,19+,25-,29+/m0/s1. The number of fused-ring (bicyclic) bond motifs is 1. The number of ether oxygens (including phenoxy) is 2. The van der Waals surface area contributed by atoms with Crippen LogP contribution in [0, 0.1) is 17.0 Å². The van der Waals surface area contributed by atoms with Gasteiger partial charge >= 0.3 is 0 Å². The molecule has 0 aliphatic carbocycles. The van der Waals surface area contributed by atoms with Crippen molar-refractivity contribution in [2.75, 3.05) is 44.0 Å². The Morgan fingerprint density at radius 1 is 1.17 bits per heavy atom. The van der Waals surface area contributed by atoms with Gasteiger partial charge in [-0.3, -0.25) is 9.59 Å². The van der Waals surface area contributed by atoms with Gasteiger partial charge in [-0.2, -0.15) is 0 Å². The highest BCUT2D eigenvalue weighted by molar-refractivity contribution is 6.31. The quantitative estimate of drug-likeness (QED) is 0.208. The lowest BCUT2D eigenvalue weighted by Crippen LogP contribution is -2.57. The summed E-state index contributed by atoms with van der Waals surface area (Å²) in [6.45, 7) is 10.0. The molecule has 3 aromatic rings. The maximum atomic E-state index is 14.8. The number of halogens is 3. The Balaban J connectivity index is 1.45. The first-order chi connectivity index (χ1) is 22.4.